The van der Waals surface area contributed by atoms with Gasteiger partial charge in [-0.15, -0.1) is 13.2 Å². The van der Waals surface area contributed by atoms with Crippen LogP contribution in [0.4, 0.5) is 13.2 Å². The molecule has 2 heterocycles. The molecule has 1 aliphatic heterocycles. The van der Waals surface area contributed by atoms with Gasteiger partial charge in [-0.05, 0) is 12.1 Å². The van der Waals surface area contributed by atoms with Crippen molar-refractivity contribution in [3.63, 3.8) is 0 Å². The predicted octanol–water partition coefficient (Wildman–Crippen LogP) is 3.07. The van der Waals surface area contributed by atoms with E-state index in [0.717, 1.165) is 0 Å². The number of piperidine rings is 1. The number of alkyl halides is 3. The average Bonchev–Trinajstić information content (AvgIpc) is 2.67. The van der Waals surface area contributed by atoms with Crippen LogP contribution in [0.2, 0.25) is 0 Å². The van der Waals surface area contributed by atoms with Crippen LogP contribution in [-0.2, 0) is 0 Å². The molecule has 0 spiro atoms. The van der Waals surface area contributed by atoms with Crippen LogP contribution in [0.1, 0.15) is 23.3 Å². The van der Waals surface area contributed by atoms with Gasteiger partial charge in [-0.2, -0.15) is 0 Å². The normalized spacial score (nSPS) is 15.2. The van der Waals surface area contributed by atoms with Crippen molar-refractivity contribution in [2.45, 2.75) is 25.3 Å². The Bertz CT molecular complexity index is 806. The minimum atomic E-state index is -4.76. The molecule has 1 aliphatic rings. The Hall–Kier alpha value is -3.04. The Morgan fingerprint density at radius 3 is 2.46 bits per heavy atom. The molecular weight excluding hydrogens is 379 g/mol. The van der Waals surface area contributed by atoms with Crippen molar-refractivity contribution in [2.24, 2.45) is 0 Å². The van der Waals surface area contributed by atoms with Gasteiger partial charge < -0.3 is 19.1 Å². The maximum atomic E-state index is 12.5. The summed E-state index contributed by atoms with van der Waals surface area (Å²) in [6, 6.07) is 5.39. The van der Waals surface area contributed by atoms with Crippen LogP contribution in [0.3, 0.4) is 0 Å². The number of benzene rings is 1. The predicted molar refractivity (Wildman–Crippen MR) is 91.3 cm³/mol. The number of amides is 1. The molecule has 2 aromatic rings. The Labute approximate surface area is 159 Å². The highest BCUT2D eigenvalue weighted by molar-refractivity contribution is 5.92. The van der Waals surface area contributed by atoms with E-state index in [4.69, 9.17) is 9.47 Å². The van der Waals surface area contributed by atoms with E-state index in [1.165, 1.54) is 37.7 Å². The number of nitrogens with zero attached hydrogens (tertiary/aromatic N) is 3. The minimum absolute atomic E-state index is 0.216. The topological polar surface area (TPSA) is 73.8 Å². The van der Waals surface area contributed by atoms with E-state index in [1.54, 1.807) is 11.0 Å². The minimum Gasteiger partial charge on any atom is -0.490 e. The van der Waals surface area contributed by atoms with Crippen LogP contribution in [0.5, 0.6) is 17.4 Å². The van der Waals surface area contributed by atoms with E-state index >= 15 is 0 Å². The van der Waals surface area contributed by atoms with E-state index in [9.17, 15) is 18.0 Å². The summed E-state index contributed by atoms with van der Waals surface area (Å²) in [5, 5.41) is 0. The molecule has 1 fully saturated rings. The molecule has 0 radical (unpaired) electrons. The highest BCUT2D eigenvalue weighted by Crippen LogP contribution is 2.27. The molecule has 1 aromatic carbocycles. The van der Waals surface area contributed by atoms with Gasteiger partial charge in [-0.3, -0.25) is 4.79 Å². The Kier molecular flexibility index (Phi) is 5.86. The highest BCUT2D eigenvalue weighted by Gasteiger charge is 2.31. The van der Waals surface area contributed by atoms with Gasteiger partial charge in [0, 0.05) is 32.0 Å². The van der Waals surface area contributed by atoms with E-state index < -0.39 is 6.36 Å². The van der Waals surface area contributed by atoms with Crippen molar-refractivity contribution >= 4 is 5.91 Å². The highest BCUT2D eigenvalue weighted by atomic mass is 19.4. The molecule has 28 heavy (non-hydrogen) atoms. The summed E-state index contributed by atoms with van der Waals surface area (Å²) in [4.78, 5) is 22.1. The van der Waals surface area contributed by atoms with Crippen molar-refractivity contribution in [1.82, 2.24) is 14.9 Å². The number of methoxy groups -OCH3 is 1. The third-order valence-electron chi connectivity index (χ3n) is 4.13. The average molecular weight is 397 g/mol. The molecule has 10 heteroatoms. The monoisotopic (exact) mass is 397 g/mol. The lowest BCUT2D eigenvalue weighted by molar-refractivity contribution is -0.274. The molecule has 0 bridgehead atoms. The van der Waals surface area contributed by atoms with Crippen LogP contribution in [0.15, 0.2) is 36.7 Å². The Morgan fingerprint density at radius 2 is 1.86 bits per heavy atom. The van der Waals surface area contributed by atoms with Gasteiger partial charge in [0.1, 0.15) is 23.3 Å². The van der Waals surface area contributed by atoms with E-state index in [0.29, 0.717) is 31.8 Å². The lowest BCUT2D eigenvalue weighted by Crippen LogP contribution is -2.42. The summed E-state index contributed by atoms with van der Waals surface area (Å²) in [6.45, 7) is 0.881. The van der Waals surface area contributed by atoms with Crippen LogP contribution in [0, 0.1) is 0 Å². The largest absolute Gasteiger partial charge is 0.573 e. The molecule has 0 unspecified atom stereocenters. The quantitative estimate of drug-likeness (QED) is 0.772. The van der Waals surface area contributed by atoms with Crippen LogP contribution in [-0.4, -0.2) is 53.4 Å². The second kappa shape index (κ2) is 8.32. The summed E-state index contributed by atoms with van der Waals surface area (Å²) >= 11 is 0. The SMILES string of the molecule is COc1cnc(C(=O)N2CCC(Oc3cccc(OC(F)(F)F)c3)CC2)cn1. The standard InChI is InChI=1S/C18H18F3N3O4/c1-26-16-11-22-15(10-23-16)17(25)24-7-5-12(6-8-24)27-13-3-2-4-14(9-13)28-18(19,20)21/h2-4,9-12H,5-8H2,1H3. The molecule has 150 valence electrons. The maximum absolute atomic E-state index is 12.5. The third-order valence-corrected chi connectivity index (χ3v) is 4.13. The van der Waals surface area contributed by atoms with Gasteiger partial charge in [0.15, 0.2) is 0 Å². The van der Waals surface area contributed by atoms with Crippen molar-refractivity contribution in [3.05, 3.63) is 42.4 Å². The molecule has 1 amide bonds. The molecule has 0 N–H and O–H groups in total. The zero-order valence-corrected chi connectivity index (χ0v) is 15.0. The number of likely N-dealkylation sites (tertiary alicyclic amines) is 1. The molecule has 1 aromatic heterocycles. The van der Waals surface area contributed by atoms with E-state index in [1.807, 2.05) is 0 Å². The van der Waals surface area contributed by atoms with Crippen molar-refractivity contribution in [3.8, 4) is 17.4 Å². The fourth-order valence-electron chi connectivity index (χ4n) is 2.81. The summed E-state index contributed by atoms with van der Waals surface area (Å²) < 4.78 is 51.5. The van der Waals surface area contributed by atoms with Crippen LogP contribution < -0.4 is 14.2 Å². The molecule has 7 nitrogen and oxygen atoms in total. The third kappa shape index (κ3) is 5.24. The van der Waals surface area contributed by atoms with E-state index in [2.05, 4.69) is 14.7 Å². The number of carbonyl (C=O) groups is 1. The van der Waals surface area contributed by atoms with Gasteiger partial charge in [0.2, 0.25) is 5.88 Å². The molecule has 0 saturated carbocycles. The second-order valence-electron chi connectivity index (χ2n) is 6.08. The van der Waals surface area contributed by atoms with E-state index in [-0.39, 0.29) is 29.2 Å². The summed E-state index contributed by atoms with van der Waals surface area (Å²) in [5.74, 6) is 0.0258. The Balaban J connectivity index is 1.54. The smallest absolute Gasteiger partial charge is 0.490 e. The van der Waals surface area contributed by atoms with Gasteiger partial charge in [-0.25, -0.2) is 9.97 Å². The molecule has 1 saturated heterocycles. The van der Waals surface area contributed by atoms with Crippen molar-refractivity contribution in [2.75, 3.05) is 20.2 Å². The fraction of sp³-hybridized carbons (Fsp3) is 0.389. The number of ether oxygens (including phenoxy) is 3. The molecular formula is C18H18F3N3O4. The number of hydrogen-bond donors (Lipinski definition) is 0. The summed E-state index contributed by atoms with van der Waals surface area (Å²) in [5.41, 5.74) is 0.220. The number of halogens is 3. The van der Waals surface area contributed by atoms with Crippen LogP contribution >= 0.6 is 0 Å². The first-order valence-electron chi connectivity index (χ1n) is 8.52. The van der Waals surface area contributed by atoms with Gasteiger partial charge in [-0.1, -0.05) is 6.07 Å². The number of aromatic nitrogens is 2. The second-order valence-corrected chi connectivity index (χ2v) is 6.08. The zero-order valence-electron chi connectivity index (χ0n) is 15.0. The Morgan fingerprint density at radius 1 is 1.14 bits per heavy atom. The number of hydrogen-bond acceptors (Lipinski definition) is 6. The first-order valence-corrected chi connectivity index (χ1v) is 8.52. The number of rotatable bonds is 5. The lowest BCUT2D eigenvalue weighted by Gasteiger charge is -2.32. The maximum Gasteiger partial charge on any atom is 0.573 e. The molecule has 3 rings (SSSR count). The zero-order chi connectivity index (χ0) is 20.1. The molecule has 0 atom stereocenters. The van der Waals surface area contributed by atoms with Gasteiger partial charge >= 0.3 is 6.36 Å². The van der Waals surface area contributed by atoms with Crippen molar-refractivity contribution in [1.29, 1.82) is 0 Å². The van der Waals surface area contributed by atoms with Gasteiger partial charge in [0.25, 0.3) is 5.91 Å². The number of carbonyl (C=O) groups excluding carboxylic acids is 1. The first-order chi connectivity index (χ1) is 13.3. The lowest BCUT2D eigenvalue weighted by atomic mass is 10.1. The van der Waals surface area contributed by atoms with Gasteiger partial charge in [0.05, 0.1) is 19.5 Å². The van der Waals surface area contributed by atoms with Crippen LogP contribution in [0.25, 0.3) is 0 Å². The fourth-order valence-corrected chi connectivity index (χ4v) is 2.81. The summed E-state index contributed by atoms with van der Waals surface area (Å²) in [6.07, 6.45) is -1.16. The summed E-state index contributed by atoms with van der Waals surface area (Å²) in [7, 11) is 1.46. The first kappa shape index (κ1) is 19.7. The molecule has 0 aliphatic carbocycles. The van der Waals surface area contributed by atoms with Crippen molar-refractivity contribution < 1.29 is 32.2 Å².